The molecule has 8 heteroatoms. The zero-order valence-electron chi connectivity index (χ0n) is 21.5. The number of piperazine rings is 1. The quantitative estimate of drug-likeness (QED) is 0.413. The minimum atomic E-state index is -0.576. The summed E-state index contributed by atoms with van der Waals surface area (Å²) < 4.78 is 0. The Bertz CT molecular complexity index is 952. The van der Waals surface area contributed by atoms with E-state index in [1.165, 1.54) is 24.1 Å². The van der Waals surface area contributed by atoms with Gasteiger partial charge in [-0.3, -0.25) is 24.4 Å². The number of amides is 2. The second-order valence-corrected chi connectivity index (χ2v) is 10.1. The van der Waals surface area contributed by atoms with Crippen molar-refractivity contribution in [3.05, 3.63) is 59.9 Å². The SMILES string of the molecule is CC1CCN(Cc2ccc(CNC(=O)C(=O)NCCCN3CCN(c4ccncc4)CC3)cc2)CC1. The molecule has 0 unspecified atom stereocenters. The van der Waals surface area contributed by atoms with Crippen molar-refractivity contribution in [2.45, 2.75) is 39.3 Å². The third kappa shape index (κ3) is 8.03. The maximum Gasteiger partial charge on any atom is 0.309 e. The average Bonchev–Trinajstić information content (AvgIpc) is 2.92. The largest absolute Gasteiger partial charge is 0.369 e. The van der Waals surface area contributed by atoms with E-state index >= 15 is 0 Å². The number of carbonyl (C=O) groups is 2. The first-order valence-electron chi connectivity index (χ1n) is 13.3. The molecule has 2 aromatic rings. The zero-order valence-corrected chi connectivity index (χ0v) is 21.5. The van der Waals surface area contributed by atoms with Crippen LogP contribution in [-0.4, -0.2) is 79.0 Å². The number of anilines is 1. The van der Waals surface area contributed by atoms with E-state index in [1.54, 1.807) is 0 Å². The third-order valence-corrected chi connectivity index (χ3v) is 7.30. The van der Waals surface area contributed by atoms with Crippen molar-refractivity contribution in [2.75, 3.05) is 57.3 Å². The molecule has 0 spiro atoms. The Morgan fingerprint density at radius 1 is 0.833 bits per heavy atom. The van der Waals surface area contributed by atoms with Crippen molar-refractivity contribution < 1.29 is 9.59 Å². The van der Waals surface area contributed by atoms with Gasteiger partial charge >= 0.3 is 11.8 Å². The van der Waals surface area contributed by atoms with Crippen LogP contribution in [0.3, 0.4) is 0 Å². The standard InChI is InChI=1S/C28H40N6O2/c1-23-9-15-33(16-10-23)22-25-5-3-24(4-6-25)21-31-28(36)27(35)30-11-2-14-32-17-19-34(20-18-32)26-7-12-29-13-8-26/h3-8,12-13,23H,2,9-11,14-22H2,1H3,(H,30,35)(H,31,36). The molecule has 2 saturated heterocycles. The van der Waals surface area contributed by atoms with Crippen LogP contribution in [0.15, 0.2) is 48.8 Å². The van der Waals surface area contributed by atoms with Gasteiger partial charge in [-0.05, 0) is 68.1 Å². The summed E-state index contributed by atoms with van der Waals surface area (Å²) in [5.74, 6) is -0.301. The summed E-state index contributed by atoms with van der Waals surface area (Å²) in [5, 5.41) is 5.48. The van der Waals surface area contributed by atoms with Gasteiger partial charge < -0.3 is 15.5 Å². The van der Waals surface area contributed by atoms with E-state index < -0.39 is 11.8 Å². The molecule has 2 amide bonds. The van der Waals surface area contributed by atoms with Crippen LogP contribution in [0.25, 0.3) is 0 Å². The molecule has 36 heavy (non-hydrogen) atoms. The first-order valence-corrected chi connectivity index (χ1v) is 13.3. The minimum Gasteiger partial charge on any atom is -0.369 e. The van der Waals surface area contributed by atoms with Gasteiger partial charge in [-0.25, -0.2) is 0 Å². The highest BCUT2D eigenvalue weighted by Crippen LogP contribution is 2.18. The van der Waals surface area contributed by atoms with E-state index in [-0.39, 0.29) is 0 Å². The van der Waals surface area contributed by atoms with E-state index in [0.29, 0.717) is 13.1 Å². The number of benzene rings is 1. The Morgan fingerprint density at radius 2 is 1.47 bits per heavy atom. The Morgan fingerprint density at radius 3 is 2.17 bits per heavy atom. The maximum absolute atomic E-state index is 12.2. The van der Waals surface area contributed by atoms with Gasteiger partial charge in [0.05, 0.1) is 0 Å². The van der Waals surface area contributed by atoms with Crippen molar-refractivity contribution in [3.8, 4) is 0 Å². The number of rotatable bonds is 9. The van der Waals surface area contributed by atoms with Gasteiger partial charge in [-0.15, -0.1) is 0 Å². The zero-order chi connectivity index (χ0) is 25.2. The highest BCUT2D eigenvalue weighted by Gasteiger charge is 2.18. The Hall–Kier alpha value is -2.97. The van der Waals surface area contributed by atoms with Crippen LogP contribution in [0, 0.1) is 5.92 Å². The molecular formula is C28H40N6O2. The molecule has 2 fully saturated rings. The number of hydrogen-bond acceptors (Lipinski definition) is 6. The first kappa shape index (κ1) is 26.1. The van der Waals surface area contributed by atoms with Crippen molar-refractivity contribution in [2.24, 2.45) is 5.92 Å². The van der Waals surface area contributed by atoms with E-state index in [0.717, 1.165) is 70.3 Å². The number of nitrogens with zero attached hydrogens (tertiary/aromatic N) is 4. The number of nitrogens with one attached hydrogen (secondary N) is 2. The van der Waals surface area contributed by atoms with Crippen LogP contribution >= 0.6 is 0 Å². The number of carbonyl (C=O) groups excluding carboxylic acids is 2. The summed E-state index contributed by atoms with van der Waals surface area (Å²) in [6.45, 7) is 11.4. The molecule has 0 radical (unpaired) electrons. The summed E-state index contributed by atoms with van der Waals surface area (Å²) in [4.78, 5) is 35.7. The second kappa shape index (κ2) is 13.4. The smallest absolute Gasteiger partial charge is 0.309 e. The van der Waals surface area contributed by atoms with Crippen molar-refractivity contribution in [3.63, 3.8) is 0 Å². The molecule has 194 valence electrons. The molecule has 3 heterocycles. The van der Waals surface area contributed by atoms with Gasteiger partial charge in [-0.2, -0.15) is 0 Å². The van der Waals surface area contributed by atoms with Crippen LogP contribution in [0.2, 0.25) is 0 Å². The fourth-order valence-electron chi connectivity index (χ4n) is 4.87. The third-order valence-electron chi connectivity index (χ3n) is 7.30. The van der Waals surface area contributed by atoms with Gasteiger partial charge in [-0.1, -0.05) is 31.2 Å². The average molecular weight is 493 g/mol. The number of hydrogen-bond donors (Lipinski definition) is 2. The van der Waals surface area contributed by atoms with Gasteiger partial charge in [0.1, 0.15) is 0 Å². The number of aromatic nitrogens is 1. The number of pyridine rings is 1. The molecule has 2 N–H and O–H groups in total. The molecule has 0 aliphatic carbocycles. The fraction of sp³-hybridized carbons (Fsp3) is 0.536. The second-order valence-electron chi connectivity index (χ2n) is 10.1. The molecule has 1 aromatic carbocycles. The lowest BCUT2D eigenvalue weighted by molar-refractivity contribution is -0.139. The fourth-order valence-corrected chi connectivity index (χ4v) is 4.87. The molecule has 2 aliphatic rings. The van der Waals surface area contributed by atoms with E-state index in [4.69, 9.17) is 0 Å². The number of piperidine rings is 1. The van der Waals surface area contributed by atoms with Crippen LogP contribution in [0.1, 0.15) is 37.3 Å². The monoisotopic (exact) mass is 492 g/mol. The lowest BCUT2D eigenvalue weighted by atomic mass is 9.99. The molecular weight excluding hydrogens is 452 g/mol. The van der Waals surface area contributed by atoms with Gasteiger partial charge in [0.25, 0.3) is 0 Å². The molecule has 0 bridgehead atoms. The Kier molecular flexibility index (Phi) is 9.69. The lowest BCUT2D eigenvalue weighted by Crippen LogP contribution is -2.47. The van der Waals surface area contributed by atoms with Crippen LogP contribution < -0.4 is 15.5 Å². The Labute approximate surface area is 215 Å². The summed E-state index contributed by atoms with van der Waals surface area (Å²) in [7, 11) is 0. The molecule has 0 atom stereocenters. The number of likely N-dealkylation sites (tertiary alicyclic amines) is 1. The van der Waals surface area contributed by atoms with Gasteiger partial charge in [0.2, 0.25) is 0 Å². The molecule has 8 nitrogen and oxygen atoms in total. The predicted octanol–water partition coefficient (Wildman–Crippen LogP) is 2.26. The van der Waals surface area contributed by atoms with E-state index in [9.17, 15) is 9.59 Å². The molecule has 2 aliphatic heterocycles. The van der Waals surface area contributed by atoms with Gasteiger partial charge in [0.15, 0.2) is 0 Å². The van der Waals surface area contributed by atoms with E-state index in [1.807, 2.05) is 36.7 Å². The highest BCUT2D eigenvalue weighted by atomic mass is 16.2. The topological polar surface area (TPSA) is 80.8 Å². The summed E-state index contributed by atoms with van der Waals surface area (Å²) in [5.41, 5.74) is 3.50. The van der Waals surface area contributed by atoms with E-state index in [2.05, 4.69) is 49.4 Å². The molecule has 4 rings (SSSR count). The summed E-state index contributed by atoms with van der Waals surface area (Å²) >= 11 is 0. The summed E-state index contributed by atoms with van der Waals surface area (Å²) in [6.07, 6.45) is 7.03. The normalized spacial score (nSPS) is 17.6. The predicted molar refractivity (Wildman–Crippen MR) is 142 cm³/mol. The van der Waals surface area contributed by atoms with Crippen molar-refractivity contribution in [1.29, 1.82) is 0 Å². The summed E-state index contributed by atoms with van der Waals surface area (Å²) in [6, 6.07) is 12.4. The minimum absolute atomic E-state index is 0.357. The van der Waals surface area contributed by atoms with Crippen LogP contribution in [0.4, 0.5) is 5.69 Å². The van der Waals surface area contributed by atoms with Crippen LogP contribution in [-0.2, 0) is 22.7 Å². The lowest BCUT2D eigenvalue weighted by Gasteiger charge is -2.36. The van der Waals surface area contributed by atoms with Crippen LogP contribution in [0.5, 0.6) is 0 Å². The first-order chi connectivity index (χ1) is 17.6. The van der Waals surface area contributed by atoms with Crippen molar-refractivity contribution >= 4 is 17.5 Å². The Balaban J connectivity index is 1.07. The molecule has 0 saturated carbocycles. The molecule has 1 aromatic heterocycles. The maximum atomic E-state index is 12.2. The van der Waals surface area contributed by atoms with Gasteiger partial charge in [0, 0.05) is 63.9 Å². The van der Waals surface area contributed by atoms with Crippen molar-refractivity contribution in [1.82, 2.24) is 25.4 Å². The highest BCUT2D eigenvalue weighted by molar-refractivity contribution is 6.35.